The van der Waals surface area contributed by atoms with Gasteiger partial charge < -0.3 is 4.74 Å². The minimum atomic E-state index is -0.538. The fourth-order valence-electron chi connectivity index (χ4n) is 6.86. The van der Waals surface area contributed by atoms with Crippen LogP contribution in [0, 0.1) is 16.7 Å². The Balaban J connectivity index is 1.47. The molecular formula is C29H34N2O4S. The van der Waals surface area contributed by atoms with Crippen molar-refractivity contribution in [3.05, 3.63) is 66.2 Å². The van der Waals surface area contributed by atoms with Crippen LogP contribution in [0.15, 0.2) is 60.7 Å². The van der Waals surface area contributed by atoms with Gasteiger partial charge in [0, 0.05) is 17.4 Å². The molecule has 0 aromatic heterocycles. The molecule has 6 nitrogen and oxygen atoms in total. The minimum Gasteiger partial charge on any atom is -0.469 e. The van der Waals surface area contributed by atoms with E-state index in [9.17, 15) is 14.4 Å². The predicted molar refractivity (Wildman–Crippen MR) is 141 cm³/mol. The van der Waals surface area contributed by atoms with Crippen molar-refractivity contribution in [3.8, 4) is 0 Å². The topological polar surface area (TPSA) is 66.9 Å². The third-order valence-corrected chi connectivity index (χ3v) is 10.1. The van der Waals surface area contributed by atoms with Gasteiger partial charge in [0.05, 0.1) is 30.7 Å². The van der Waals surface area contributed by atoms with Crippen molar-refractivity contribution in [1.82, 2.24) is 5.01 Å². The number of hydrazine groups is 1. The number of carbonyl (C=O) groups is 3. The number of hydrogen-bond acceptors (Lipinski definition) is 5. The van der Waals surface area contributed by atoms with Crippen LogP contribution in [0.1, 0.15) is 56.8 Å². The van der Waals surface area contributed by atoms with Crippen LogP contribution in [0.25, 0.3) is 0 Å². The lowest BCUT2D eigenvalue weighted by Crippen LogP contribution is -2.47. The smallest absolute Gasteiger partial charge is 0.306 e. The Morgan fingerprint density at radius 3 is 2.39 bits per heavy atom. The largest absolute Gasteiger partial charge is 0.469 e. The quantitative estimate of drug-likeness (QED) is 0.449. The van der Waals surface area contributed by atoms with Gasteiger partial charge in [0.15, 0.2) is 0 Å². The average Bonchev–Trinajstić information content (AvgIpc) is 3.41. The molecule has 190 valence electrons. The highest BCUT2D eigenvalue weighted by Crippen LogP contribution is 2.70. The molecule has 0 radical (unpaired) electrons. The number of carbonyl (C=O) groups excluding carboxylic acids is 3. The monoisotopic (exact) mass is 506 g/mol. The lowest BCUT2D eigenvalue weighted by Gasteiger charge is -2.35. The van der Waals surface area contributed by atoms with Gasteiger partial charge in [-0.25, -0.2) is 10.0 Å². The maximum absolute atomic E-state index is 14.2. The summed E-state index contributed by atoms with van der Waals surface area (Å²) in [5, 5.41) is 3.35. The molecule has 2 aromatic rings. The van der Waals surface area contributed by atoms with Crippen LogP contribution in [0.2, 0.25) is 0 Å². The van der Waals surface area contributed by atoms with Gasteiger partial charge >= 0.3 is 5.97 Å². The van der Waals surface area contributed by atoms with Crippen molar-refractivity contribution < 1.29 is 19.1 Å². The Morgan fingerprint density at radius 2 is 1.75 bits per heavy atom. The molecule has 2 amide bonds. The molecule has 3 fully saturated rings. The number of anilines is 1. The van der Waals surface area contributed by atoms with Crippen LogP contribution < -0.4 is 5.01 Å². The number of hydrogen-bond donors (Lipinski definition) is 0. The predicted octanol–water partition coefficient (Wildman–Crippen LogP) is 5.40. The first kappa shape index (κ1) is 24.9. The van der Waals surface area contributed by atoms with Gasteiger partial charge in [-0.15, -0.1) is 0 Å². The van der Waals surface area contributed by atoms with Crippen molar-refractivity contribution in [3.63, 3.8) is 0 Å². The minimum absolute atomic E-state index is 0.0446. The van der Waals surface area contributed by atoms with Gasteiger partial charge in [-0.05, 0) is 48.3 Å². The molecule has 0 N–H and O–H groups in total. The summed E-state index contributed by atoms with van der Waals surface area (Å²) in [5.41, 5.74) is 1.10. The van der Waals surface area contributed by atoms with Gasteiger partial charge in [-0.3, -0.25) is 14.4 Å². The van der Waals surface area contributed by atoms with Gasteiger partial charge in [-0.1, -0.05) is 62.4 Å². The number of nitrogens with zero attached hydrogens (tertiary/aromatic N) is 2. The van der Waals surface area contributed by atoms with Gasteiger partial charge in [0.1, 0.15) is 0 Å². The molecule has 3 aliphatic rings. The van der Waals surface area contributed by atoms with E-state index in [-0.39, 0.29) is 40.9 Å². The maximum atomic E-state index is 14.2. The molecule has 2 aromatic carbocycles. The average molecular weight is 507 g/mol. The van der Waals surface area contributed by atoms with E-state index in [1.54, 1.807) is 21.8 Å². The Morgan fingerprint density at radius 1 is 1.08 bits per heavy atom. The zero-order valence-electron chi connectivity index (χ0n) is 21.2. The first-order chi connectivity index (χ1) is 17.3. The number of methoxy groups -OCH3 is 1. The lowest BCUT2D eigenvalue weighted by molar-refractivity contribution is -0.140. The van der Waals surface area contributed by atoms with E-state index in [2.05, 4.69) is 13.8 Å². The second-order valence-corrected chi connectivity index (χ2v) is 12.0. The lowest BCUT2D eigenvalue weighted by atomic mass is 9.67. The SMILES string of the molecule is COC(=O)CCS[C@@H](CC(=O)N1[C@@H]2C[C@H]3CC[C@]2(C(=O)N1c1ccccc1)C3(C)C)c1ccccc1. The van der Waals surface area contributed by atoms with Gasteiger partial charge in [-0.2, -0.15) is 11.8 Å². The molecule has 1 saturated heterocycles. The Labute approximate surface area is 217 Å². The summed E-state index contributed by atoms with van der Waals surface area (Å²) in [5.74, 6) is 0.762. The molecule has 5 rings (SSSR count). The fourth-order valence-corrected chi connectivity index (χ4v) is 8.04. The number of rotatable bonds is 8. The molecule has 36 heavy (non-hydrogen) atoms. The van der Waals surface area contributed by atoms with Crippen LogP contribution in [-0.4, -0.2) is 41.7 Å². The molecule has 0 unspecified atom stereocenters. The van der Waals surface area contributed by atoms with E-state index in [1.807, 2.05) is 60.7 Å². The summed E-state index contributed by atoms with van der Waals surface area (Å²) in [6, 6.07) is 19.4. The second kappa shape index (κ2) is 9.58. The highest BCUT2D eigenvalue weighted by molar-refractivity contribution is 7.99. The summed E-state index contributed by atoms with van der Waals surface area (Å²) in [6.45, 7) is 4.43. The zero-order chi connectivity index (χ0) is 25.5. The molecule has 7 heteroatoms. The van der Waals surface area contributed by atoms with Crippen LogP contribution in [-0.2, 0) is 19.1 Å². The number of esters is 1. The Hall–Kier alpha value is -2.80. The van der Waals surface area contributed by atoms with E-state index < -0.39 is 5.41 Å². The Bertz CT molecular complexity index is 1140. The molecule has 2 bridgehead atoms. The standard InChI is InChI=1S/C29H34N2O4S/c1-28(2)21-14-16-29(28)24(18-21)31(30(27(29)34)22-12-8-5-9-13-22)25(32)19-23(20-10-6-4-7-11-20)36-17-15-26(33)35-3/h4-13,21,23-24H,14-19H2,1-3H3/t21-,23+,24-,29+/m1/s1. The molecule has 2 saturated carbocycles. The van der Waals surface area contributed by atoms with Crippen molar-refractivity contribution in [2.24, 2.45) is 16.7 Å². The molecule has 2 aliphatic carbocycles. The molecule has 4 atom stereocenters. The summed E-state index contributed by atoms with van der Waals surface area (Å²) in [4.78, 5) is 40.1. The highest BCUT2D eigenvalue weighted by atomic mass is 32.2. The van der Waals surface area contributed by atoms with Gasteiger partial charge in [0.25, 0.3) is 5.91 Å². The van der Waals surface area contributed by atoms with E-state index in [0.717, 1.165) is 30.5 Å². The van der Waals surface area contributed by atoms with E-state index >= 15 is 0 Å². The molecular weight excluding hydrogens is 472 g/mol. The summed E-state index contributed by atoms with van der Waals surface area (Å²) in [6.07, 6.45) is 3.27. The summed E-state index contributed by atoms with van der Waals surface area (Å²) < 4.78 is 4.80. The number of amides is 2. The number of benzene rings is 2. The maximum Gasteiger partial charge on any atom is 0.306 e. The van der Waals surface area contributed by atoms with Crippen molar-refractivity contribution in [1.29, 1.82) is 0 Å². The number of fused-ring (bicyclic) bond motifs is 1. The van der Waals surface area contributed by atoms with E-state index in [1.165, 1.54) is 7.11 Å². The van der Waals surface area contributed by atoms with Crippen LogP contribution in [0.3, 0.4) is 0 Å². The first-order valence-electron chi connectivity index (χ1n) is 12.8. The van der Waals surface area contributed by atoms with Crippen molar-refractivity contribution in [2.45, 2.75) is 57.2 Å². The van der Waals surface area contributed by atoms with Crippen LogP contribution in [0.5, 0.6) is 0 Å². The number of thioether (sulfide) groups is 1. The van der Waals surface area contributed by atoms with Crippen molar-refractivity contribution in [2.75, 3.05) is 17.9 Å². The summed E-state index contributed by atoms with van der Waals surface area (Å²) >= 11 is 1.59. The number of para-hydroxylation sites is 1. The normalized spacial score (nSPS) is 26.7. The fraction of sp³-hybridized carbons (Fsp3) is 0.483. The van der Waals surface area contributed by atoms with Crippen molar-refractivity contribution >= 4 is 35.2 Å². The van der Waals surface area contributed by atoms with Crippen LogP contribution in [0.4, 0.5) is 5.69 Å². The number of ether oxygens (including phenoxy) is 1. The van der Waals surface area contributed by atoms with E-state index in [4.69, 9.17) is 4.74 Å². The third-order valence-electron chi connectivity index (χ3n) is 8.86. The first-order valence-corrected chi connectivity index (χ1v) is 13.8. The Kier molecular flexibility index (Phi) is 6.62. The molecule has 1 aliphatic heterocycles. The zero-order valence-corrected chi connectivity index (χ0v) is 22.0. The van der Waals surface area contributed by atoms with Gasteiger partial charge in [0.2, 0.25) is 5.91 Å². The molecule has 1 spiro atoms. The second-order valence-electron chi connectivity index (χ2n) is 10.7. The van der Waals surface area contributed by atoms with E-state index in [0.29, 0.717) is 18.1 Å². The molecule has 1 heterocycles. The third kappa shape index (κ3) is 3.83. The highest BCUT2D eigenvalue weighted by Gasteiger charge is 2.75. The van der Waals surface area contributed by atoms with Crippen LogP contribution >= 0.6 is 11.8 Å². The summed E-state index contributed by atoms with van der Waals surface area (Å²) in [7, 11) is 1.39.